The van der Waals surface area contributed by atoms with E-state index in [1.807, 2.05) is 30.3 Å². The first-order chi connectivity index (χ1) is 7.20. The van der Waals surface area contributed by atoms with Crippen LogP contribution in [-0.2, 0) is 0 Å². The third-order valence-corrected chi connectivity index (χ3v) is 2.41. The summed E-state index contributed by atoms with van der Waals surface area (Å²) < 4.78 is 2.53. The van der Waals surface area contributed by atoms with Crippen molar-refractivity contribution in [1.29, 1.82) is 5.26 Å². The number of nitrogens with two attached hydrogens (primary N) is 1. The van der Waals surface area contributed by atoms with Crippen LogP contribution in [0.2, 0.25) is 0 Å². The minimum Gasteiger partial charge on any atom is -0.395 e. The smallest absolute Gasteiger partial charge is 0.185 e. The SMILES string of the molecule is N#Cc1nn(-c2cccc(Br)c2)cc1N. The molecule has 0 atom stereocenters. The average Bonchev–Trinajstić information content (AvgIpc) is 2.60. The van der Waals surface area contributed by atoms with Gasteiger partial charge in [0.1, 0.15) is 6.07 Å². The molecule has 0 saturated heterocycles. The van der Waals surface area contributed by atoms with E-state index in [1.54, 1.807) is 10.9 Å². The lowest BCUT2D eigenvalue weighted by molar-refractivity contribution is 0.872. The van der Waals surface area contributed by atoms with Crippen molar-refractivity contribution in [2.75, 3.05) is 5.73 Å². The summed E-state index contributed by atoms with van der Waals surface area (Å²) in [4.78, 5) is 0. The number of nitrogen functional groups attached to an aromatic ring is 1. The number of aromatic nitrogens is 2. The zero-order valence-corrected chi connectivity index (χ0v) is 9.27. The molecule has 5 heteroatoms. The molecule has 2 N–H and O–H groups in total. The molecule has 2 aromatic rings. The van der Waals surface area contributed by atoms with Crippen LogP contribution in [0, 0.1) is 11.3 Å². The molecule has 0 aliphatic rings. The zero-order chi connectivity index (χ0) is 10.8. The molecule has 1 heterocycles. The van der Waals surface area contributed by atoms with Gasteiger partial charge >= 0.3 is 0 Å². The van der Waals surface area contributed by atoms with Crippen LogP contribution < -0.4 is 5.73 Å². The average molecular weight is 263 g/mol. The fourth-order valence-electron chi connectivity index (χ4n) is 1.23. The highest BCUT2D eigenvalue weighted by atomic mass is 79.9. The van der Waals surface area contributed by atoms with Gasteiger partial charge in [-0.3, -0.25) is 0 Å². The van der Waals surface area contributed by atoms with Crippen LogP contribution in [0.5, 0.6) is 0 Å². The van der Waals surface area contributed by atoms with Crippen LogP contribution in [0.15, 0.2) is 34.9 Å². The number of anilines is 1. The van der Waals surface area contributed by atoms with E-state index in [0.717, 1.165) is 10.2 Å². The molecule has 2 rings (SSSR count). The number of nitriles is 1. The van der Waals surface area contributed by atoms with Crippen molar-refractivity contribution in [2.24, 2.45) is 0 Å². The van der Waals surface area contributed by atoms with Gasteiger partial charge in [-0.15, -0.1) is 0 Å². The number of benzene rings is 1. The maximum Gasteiger partial charge on any atom is 0.185 e. The van der Waals surface area contributed by atoms with E-state index < -0.39 is 0 Å². The van der Waals surface area contributed by atoms with Gasteiger partial charge in [0.25, 0.3) is 0 Å². The van der Waals surface area contributed by atoms with E-state index in [1.165, 1.54) is 0 Å². The molecule has 0 aliphatic heterocycles. The first-order valence-corrected chi connectivity index (χ1v) is 5.01. The lowest BCUT2D eigenvalue weighted by atomic mass is 10.3. The lowest BCUT2D eigenvalue weighted by Crippen LogP contribution is -1.94. The summed E-state index contributed by atoms with van der Waals surface area (Å²) in [5, 5.41) is 12.8. The lowest BCUT2D eigenvalue weighted by Gasteiger charge is -2.00. The van der Waals surface area contributed by atoms with E-state index in [9.17, 15) is 0 Å². The molecule has 0 radical (unpaired) electrons. The first kappa shape index (κ1) is 9.74. The van der Waals surface area contributed by atoms with Crippen molar-refractivity contribution in [1.82, 2.24) is 9.78 Å². The van der Waals surface area contributed by atoms with E-state index in [2.05, 4.69) is 21.0 Å². The maximum absolute atomic E-state index is 8.72. The quantitative estimate of drug-likeness (QED) is 0.856. The van der Waals surface area contributed by atoms with Crippen molar-refractivity contribution < 1.29 is 0 Å². The molecule has 4 nitrogen and oxygen atoms in total. The summed E-state index contributed by atoms with van der Waals surface area (Å²) in [6, 6.07) is 9.53. The standard InChI is InChI=1S/C10H7BrN4/c11-7-2-1-3-8(4-7)15-6-9(13)10(5-12)14-15/h1-4,6H,13H2. The molecular formula is C10H7BrN4. The van der Waals surface area contributed by atoms with Gasteiger partial charge in [-0.2, -0.15) is 10.4 Å². The second kappa shape index (κ2) is 3.75. The third kappa shape index (κ3) is 1.85. The van der Waals surface area contributed by atoms with Crippen LogP contribution in [0.25, 0.3) is 5.69 Å². The molecule has 0 spiro atoms. The Morgan fingerprint density at radius 1 is 1.47 bits per heavy atom. The van der Waals surface area contributed by atoms with Crippen molar-refractivity contribution in [3.8, 4) is 11.8 Å². The highest BCUT2D eigenvalue weighted by molar-refractivity contribution is 9.10. The topological polar surface area (TPSA) is 67.6 Å². The largest absolute Gasteiger partial charge is 0.395 e. The Kier molecular flexibility index (Phi) is 2.44. The molecule has 1 aromatic heterocycles. The number of hydrogen-bond donors (Lipinski definition) is 1. The van der Waals surface area contributed by atoms with Crippen LogP contribution in [0.3, 0.4) is 0 Å². The van der Waals surface area contributed by atoms with Gasteiger partial charge in [0.05, 0.1) is 17.6 Å². The zero-order valence-electron chi connectivity index (χ0n) is 7.68. The minimum absolute atomic E-state index is 0.245. The normalized spacial score (nSPS) is 9.87. The number of hydrogen-bond acceptors (Lipinski definition) is 3. The van der Waals surface area contributed by atoms with Crippen LogP contribution in [-0.4, -0.2) is 9.78 Å². The number of halogens is 1. The van der Waals surface area contributed by atoms with Crippen molar-refractivity contribution in [3.05, 3.63) is 40.6 Å². The van der Waals surface area contributed by atoms with Gasteiger partial charge in [0, 0.05) is 4.47 Å². The highest BCUT2D eigenvalue weighted by Crippen LogP contribution is 2.17. The molecule has 0 bridgehead atoms. The van der Waals surface area contributed by atoms with Gasteiger partial charge in [-0.1, -0.05) is 22.0 Å². The Bertz CT molecular complexity index is 539. The van der Waals surface area contributed by atoms with Gasteiger partial charge < -0.3 is 5.73 Å². The fraction of sp³-hybridized carbons (Fsp3) is 0. The minimum atomic E-state index is 0.245. The molecule has 0 unspecified atom stereocenters. The van der Waals surface area contributed by atoms with E-state index in [-0.39, 0.29) is 5.69 Å². The van der Waals surface area contributed by atoms with E-state index in [0.29, 0.717) is 5.69 Å². The number of nitrogens with zero attached hydrogens (tertiary/aromatic N) is 3. The summed E-state index contributed by atoms with van der Waals surface area (Å²) in [6.45, 7) is 0. The van der Waals surface area contributed by atoms with Crippen molar-refractivity contribution >= 4 is 21.6 Å². The highest BCUT2D eigenvalue weighted by Gasteiger charge is 2.05. The molecule has 1 aromatic carbocycles. The Hall–Kier alpha value is -1.80. The summed E-state index contributed by atoms with van der Waals surface area (Å²) >= 11 is 3.36. The molecule has 0 fully saturated rings. The maximum atomic E-state index is 8.72. The number of rotatable bonds is 1. The predicted molar refractivity (Wildman–Crippen MR) is 60.4 cm³/mol. The van der Waals surface area contributed by atoms with Gasteiger partial charge in [-0.05, 0) is 18.2 Å². The van der Waals surface area contributed by atoms with Crippen LogP contribution in [0.4, 0.5) is 5.69 Å². The van der Waals surface area contributed by atoms with E-state index in [4.69, 9.17) is 11.0 Å². The second-order valence-corrected chi connectivity index (χ2v) is 3.88. The second-order valence-electron chi connectivity index (χ2n) is 2.97. The molecule has 0 amide bonds. The predicted octanol–water partition coefficient (Wildman–Crippen LogP) is 2.09. The third-order valence-electron chi connectivity index (χ3n) is 1.92. The van der Waals surface area contributed by atoms with Gasteiger partial charge in [-0.25, -0.2) is 4.68 Å². The first-order valence-electron chi connectivity index (χ1n) is 4.22. The molecule has 0 aliphatic carbocycles. The summed E-state index contributed by atoms with van der Waals surface area (Å²) in [7, 11) is 0. The molecule has 0 saturated carbocycles. The fourth-order valence-corrected chi connectivity index (χ4v) is 1.61. The van der Waals surface area contributed by atoms with Gasteiger partial charge in [0.2, 0.25) is 0 Å². The molecule has 15 heavy (non-hydrogen) atoms. The Morgan fingerprint density at radius 3 is 2.87 bits per heavy atom. The Balaban J connectivity index is 2.51. The van der Waals surface area contributed by atoms with Crippen LogP contribution in [0.1, 0.15) is 5.69 Å². The Labute approximate surface area is 95.1 Å². The summed E-state index contributed by atoms with van der Waals surface area (Å²) in [5.74, 6) is 0. The monoisotopic (exact) mass is 262 g/mol. The molecular weight excluding hydrogens is 256 g/mol. The Morgan fingerprint density at radius 2 is 2.27 bits per heavy atom. The summed E-state index contributed by atoms with van der Waals surface area (Å²) in [6.07, 6.45) is 1.63. The molecule has 74 valence electrons. The van der Waals surface area contributed by atoms with E-state index >= 15 is 0 Å². The summed E-state index contributed by atoms with van der Waals surface area (Å²) in [5.41, 5.74) is 7.10. The van der Waals surface area contributed by atoms with Crippen LogP contribution >= 0.6 is 15.9 Å². The van der Waals surface area contributed by atoms with Gasteiger partial charge in [0.15, 0.2) is 5.69 Å². The van der Waals surface area contributed by atoms with Crippen molar-refractivity contribution in [2.45, 2.75) is 0 Å². The van der Waals surface area contributed by atoms with Crippen molar-refractivity contribution in [3.63, 3.8) is 0 Å².